The normalized spacial score (nSPS) is 24.1. The zero-order valence-corrected chi connectivity index (χ0v) is 15.3. The predicted octanol–water partition coefficient (Wildman–Crippen LogP) is 0.266. The lowest BCUT2D eigenvalue weighted by atomic mass is 10.2. The summed E-state index contributed by atoms with van der Waals surface area (Å²) in [6.07, 6.45) is 2.31. The van der Waals surface area contributed by atoms with Crippen LogP contribution in [0.4, 0.5) is 0 Å². The highest BCUT2D eigenvalue weighted by Crippen LogP contribution is 2.19. The molecule has 140 valence electrons. The van der Waals surface area contributed by atoms with Crippen molar-refractivity contribution in [3.63, 3.8) is 0 Å². The number of hydrogen-bond acceptors (Lipinski definition) is 7. The molecule has 0 amide bonds. The molecular weight excluding hydrogens is 356 g/mol. The van der Waals surface area contributed by atoms with Gasteiger partial charge in [-0.3, -0.25) is 14.6 Å². The molecule has 2 fully saturated rings. The monoisotopic (exact) mass is 378 g/mol. The Morgan fingerprint density at radius 1 is 1.15 bits per heavy atom. The van der Waals surface area contributed by atoms with Crippen molar-refractivity contribution in [3.05, 3.63) is 40.9 Å². The number of hydrogen-bond donors (Lipinski definition) is 0. The number of sulfone groups is 1. The van der Waals surface area contributed by atoms with Crippen LogP contribution in [0, 0.1) is 0 Å². The molecule has 0 aliphatic carbocycles. The number of aromatic nitrogens is 2. The van der Waals surface area contributed by atoms with Gasteiger partial charge in [-0.25, -0.2) is 13.1 Å². The molecule has 2 aromatic rings. The number of rotatable bonds is 4. The van der Waals surface area contributed by atoms with Gasteiger partial charge in [-0.1, -0.05) is 0 Å². The van der Waals surface area contributed by atoms with Gasteiger partial charge < -0.3 is 4.42 Å². The van der Waals surface area contributed by atoms with E-state index in [4.69, 9.17) is 4.42 Å². The van der Waals surface area contributed by atoms with Gasteiger partial charge in [0.1, 0.15) is 5.69 Å². The maximum atomic E-state index is 12.1. The first-order chi connectivity index (χ1) is 12.5. The van der Waals surface area contributed by atoms with Gasteiger partial charge in [0.2, 0.25) is 0 Å². The van der Waals surface area contributed by atoms with Gasteiger partial charge in [0, 0.05) is 38.3 Å². The van der Waals surface area contributed by atoms with Crippen molar-refractivity contribution in [2.24, 2.45) is 0 Å². The summed E-state index contributed by atoms with van der Waals surface area (Å²) in [6, 6.07) is 6.91. The van der Waals surface area contributed by atoms with Crippen LogP contribution in [0.5, 0.6) is 0 Å². The van der Waals surface area contributed by atoms with Crippen LogP contribution in [0.1, 0.15) is 6.42 Å². The third-order valence-corrected chi connectivity index (χ3v) is 6.86. The minimum absolute atomic E-state index is 0.144. The summed E-state index contributed by atoms with van der Waals surface area (Å²) in [5.74, 6) is 1.21. The molecule has 0 spiro atoms. The first kappa shape index (κ1) is 17.4. The van der Waals surface area contributed by atoms with E-state index < -0.39 is 9.84 Å². The first-order valence-electron chi connectivity index (χ1n) is 8.79. The summed E-state index contributed by atoms with van der Waals surface area (Å²) < 4.78 is 30.1. The summed E-state index contributed by atoms with van der Waals surface area (Å²) in [6.45, 7) is 3.62. The molecule has 4 rings (SSSR count). The van der Waals surface area contributed by atoms with Crippen molar-refractivity contribution >= 4 is 9.84 Å². The van der Waals surface area contributed by atoms with Crippen LogP contribution in [-0.4, -0.2) is 71.7 Å². The summed E-state index contributed by atoms with van der Waals surface area (Å²) in [4.78, 5) is 16.6. The van der Waals surface area contributed by atoms with Crippen molar-refractivity contribution < 1.29 is 12.8 Å². The van der Waals surface area contributed by atoms with Gasteiger partial charge in [-0.15, -0.1) is 0 Å². The highest BCUT2D eigenvalue weighted by molar-refractivity contribution is 7.91. The lowest BCUT2D eigenvalue weighted by Gasteiger charge is -2.37. The molecule has 9 heteroatoms. The molecule has 2 aromatic heterocycles. The maximum Gasteiger partial charge on any atom is 0.268 e. The lowest BCUT2D eigenvalue weighted by molar-refractivity contribution is 0.0800. The molecule has 0 N–H and O–H groups in total. The molecule has 2 aliphatic rings. The van der Waals surface area contributed by atoms with Gasteiger partial charge in [0.05, 0.1) is 24.4 Å². The smallest absolute Gasteiger partial charge is 0.268 e. The molecular formula is C17H22N4O4S. The predicted molar refractivity (Wildman–Crippen MR) is 96.4 cm³/mol. The minimum atomic E-state index is -2.86. The van der Waals surface area contributed by atoms with E-state index >= 15 is 0 Å². The van der Waals surface area contributed by atoms with Crippen LogP contribution in [0.15, 0.2) is 39.7 Å². The zero-order valence-electron chi connectivity index (χ0n) is 14.5. The first-order valence-corrected chi connectivity index (χ1v) is 10.6. The molecule has 0 bridgehead atoms. The number of nitrogens with zero attached hydrogens (tertiary/aromatic N) is 4. The number of piperazine rings is 1. The second-order valence-corrected chi connectivity index (χ2v) is 9.11. The van der Waals surface area contributed by atoms with Crippen molar-refractivity contribution in [2.45, 2.75) is 19.1 Å². The molecule has 1 atom stereocenters. The van der Waals surface area contributed by atoms with Crippen LogP contribution in [0.25, 0.3) is 11.5 Å². The maximum absolute atomic E-state index is 12.1. The van der Waals surface area contributed by atoms with Crippen LogP contribution in [0.3, 0.4) is 0 Å². The summed E-state index contributed by atoms with van der Waals surface area (Å²) in [7, 11) is -2.86. The van der Waals surface area contributed by atoms with E-state index in [-0.39, 0.29) is 17.4 Å². The molecule has 0 aromatic carbocycles. The summed E-state index contributed by atoms with van der Waals surface area (Å²) in [5, 5.41) is 4.40. The van der Waals surface area contributed by atoms with Crippen molar-refractivity contribution in [1.29, 1.82) is 0 Å². The Kier molecular flexibility index (Phi) is 4.68. The Morgan fingerprint density at radius 3 is 2.62 bits per heavy atom. The molecule has 4 heterocycles. The van der Waals surface area contributed by atoms with Crippen molar-refractivity contribution in [3.8, 4) is 11.5 Å². The lowest BCUT2D eigenvalue weighted by Crippen LogP contribution is -2.51. The van der Waals surface area contributed by atoms with Crippen LogP contribution in [-0.2, 0) is 16.5 Å². The Morgan fingerprint density at radius 2 is 1.96 bits per heavy atom. The number of furan rings is 1. The van der Waals surface area contributed by atoms with E-state index in [9.17, 15) is 13.2 Å². The quantitative estimate of drug-likeness (QED) is 0.754. The SMILES string of the molecule is O=c1ccc(-c2ccco2)nn1CN1CCN(C2CCS(=O)(=O)C2)CC1. The van der Waals surface area contributed by atoms with Gasteiger partial charge in [0.25, 0.3) is 5.56 Å². The third-order valence-electron chi connectivity index (χ3n) is 5.11. The van der Waals surface area contributed by atoms with Gasteiger partial charge in [0.15, 0.2) is 15.6 Å². The van der Waals surface area contributed by atoms with Crippen LogP contribution in [0.2, 0.25) is 0 Å². The highest BCUT2D eigenvalue weighted by atomic mass is 32.2. The molecule has 0 radical (unpaired) electrons. The molecule has 1 unspecified atom stereocenters. The standard InChI is InChI=1S/C17H22N4O4S/c22-17-4-3-15(16-2-1-10-25-16)18-21(17)13-19-6-8-20(9-7-19)14-5-11-26(23,24)12-14/h1-4,10,14H,5-9,11-13H2. The van der Waals surface area contributed by atoms with Gasteiger partial charge in [-0.05, 0) is 24.6 Å². The fourth-order valence-corrected chi connectivity index (χ4v) is 5.39. The van der Waals surface area contributed by atoms with Crippen LogP contribution >= 0.6 is 0 Å². The topological polar surface area (TPSA) is 88.7 Å². The fraction of sp³-hybridized carbons (Fsp3) is 0.529. The van der Waals surface area contributed by atoms with Gasteiger partial charge >= 0.3 is 0 Å². The van der Waals surface area contributed by atoms with Crippen molar-refractivity contribution in [1.82, 2.24) is 19.6 Å². The van der Waals surface area contributed by atoms with Crippen LogP contribution < -0.4 is 5.56 Å². The van der Waals surface area contributed by atoms with Gasteiger partial charge in [-0.2, -0.15) is 5.10 Å². The summed E-state index contributed by atoms with van der Waals surface area (Å²) >= 11 is 0. The second-order valence-electron chi connectivity index (χ2n) is 6.89. The third kappa shape index (κ3) is 3.74. The average molecular weight is 378 g/mol. The second kappa shape index (κ2) is 6.98. The fourth-order valence-electron chi connectivity index (χ4n) is 3.63. The molecule has 26 heavy (non-hydrogen) atoms. The van der Waals surface area contributed by atoms with E-state index in [2.05, 4.69) is 14.9 Å². The Labute approximate surface area is 151 Å². The minimum Gasteiger partial charge on any atom is -0.463 e. The van der Waals surface area contributed by atoms with Crippen molar-refractivity contribution in [2.75, 3.05) is 37.7 Å². The van der Waals surface area contributed by atoms with E-state index in [1.165, 1.54) is 10.7 Å². The molecule has 8 nitrogen and oxygen atoms in total. The highest BCUT2D eigenvalue weighted by Gasteiger charge is 2.33. The molecule has 2 saturated heterocycles. The summed E-state index contributed by atoms with van der Waals surface area (Å²) in [5.41, 5.74) is 0.481. The molecule has 2 aliphatic heterocycles. The van der Waals surface area contributed by atoms with E-state index in [1.54, 1.807) is 18.4 Å². The average Bonchev–Trinajstić information content (AvgIpc) is 3.27. The Bertz CT molecular complexity index is 914. The van der Waals surface area contributed by atoms with E-state index in [0.717, 1.165) is 32.6 Å². The zero-order chi connectivity index (χ0) is 18.1. The largest absolute Gasteiger partial charge is 0.463 e. The van der Waals surface area contributed by atoms with E-state index in [0.29, 0.717) is 23.9 Å². The van der Waals surface area contributed by atoms with E-state index in [1.807, 2.05) is 6.07 Å². The Balaban J connectivity index is 1.39. The molecule has 0 saturated carbocycles. The Hall–Kier alpha value is -1.97.